The van der Waals surface area contributed by atoms with Gasteiger partial charge in [-0.05, 0) is 71.0 Å². The van der Waals surface area contributed by atoms with Crippen LogP contribution in [0.2, 0.25) is 0 Å². The normalized spacial score (nSPS) is 11.8. The number of benzene rings is 5. The molecule has 0 N–H and O–H groups in total. The third kappa shape index (κ3) is 7.53. The standard InChI is InChI=1S/C41H37N/c1-3-38-24-14-15-33(2)41(38)42(39-29-25-36(26-30-39)22-12-10-20-34-16-6-4-7-17-34)40-31-27-37(28-32-40)23-13-11-21-35-18-8-5-9-19-35/h4-32H,3H2,1-2H3. The van der Waals surface area contributed by atoms with E-state index < -0.39 is 0 Å². The van der Waals surface area contributed by atoms with E-state index >= 15 is 0 Å². The largest absolute Gasteiger partial charge is 0.310 e. The van der Waals surface area contributed by atoms with Gasteiger partial charge in [0.15, 0.2) is 0 Å². The van der Waals surface area contributed by atoms with Crippen molar-refractivity contribution >= 4 is 41.4 Å². The van der Waals surface area contributed by atoms with Crippen molar-refractivity contribution in [1.82, 2.24) is 0 Å². The van der Waals surface area contributed by atoms with Crippen LogP contribution in [0.5, 0.6) is 0 Å². The van der Waals surface area contributed by atoms with Crippen LogP contribution in [0.15, 0.2) is 152 Å². The summed E-state index contributed by atoms with van der Waals surface area (Å²) in [4.78, 5) is 2.39. The third-order valence-electron chi connectivity index (χ3n) is 7.20. The highest BCUT2D eigenvalue weighted by Gasteiger charge is 2.17. The summed E-state index contributed by atoms with van der Waals surface area (Å²) in [5.74, 6) is 0. The zero-order valence-corrected chi connectivity index (χ0v) is 24.4. The third-order valence-corrected chi connectivity index (χ3v) is 7.20. The van der Waals surface area contributed by atoms with Gasteiger partial charge in [-0.3, -0.25) is 0 Å². The molecule has 0 spiro atoms. The van der Waals surface area contributed by atoms with E-state index in [2.05, 4.69) is 183 Å². The molecule has 0 fully saturated rings. The predicted octanol–water partition coefficient (Wildman–Crippen LogP) is 11.5. The summed E-state index contributed by atoms with van der Waals surface area (Å²) >= 11 is 0. The van der Waals surface area contributed by atoms with E-state index in [4.69, 9.17) is 0 Å². The SMILES string of the molecule is CCc1cccc(C)c1N(c1ccc(C=CC=Cc2ccccc2)cc1)c1ccc(C=CC=Cc2ccccc2)cc1. The lowest BCUT2D eigenvalue weighted by Crippen LogP contribution is -2.13. The maximum absolute atomic E-state index is 2.39. The maximum Gasteiger partial charge on any atom is 0.0522 e. The van der Waals surface area contributed by atoms with Gasteiger partial charge in [0.25, 0.3) is 0 Å². The maximum atomic E-state index is 2.39. The van der Waals surface area contributed by atoms with Crippen LogP contribution in [0, 0.1) is 6.92 Å². The van der Waals surface area contributed by atoms with Gasteiger partial charge in [-0.25, -0.2) is 0 Å². The summed E-state index contributed by atoms with van der Waals surface area (Å²) in [5.41, 5.74) is 10.9. The molecular weight excluding hydrogens is 506 g/mol. The lowest BCUT2D eigenvalue weighted by atomic mass is 10.0. The summed E-state index contributed by atoms with van der Waals surface area (Å²) in [6.07, 6.45) is 17.9. The molecule has 1 heteroatoms. The number of para-hydroxylation sites is 1. The van der Waals surface area contributed by atoms with E-state index in [-0.39, 0.29) is 0 Å². The number of rotatable bonds is 10. The molecule has 0 aliphatic rings. The molecule has 206 valence electrons. The van der Waals surface area contributed by atoms with Gasteiger partial charge in [0, 0.05) is 11.4 Å². The minimum atomic E-state index is 0.969. The van der Waals surface area contributed by atoms with Crippen molar-refractivity contribution in [3.8, 4) is 0 Å². The highest BCUT2D eigenvalue weighted by molar-refractivity contribution is 5.81. The molecule has 0 unspecified atom stereocenters. The van der Waals surface area contributed by atoms with Crippen LogP contribution in [-0.2, 0) is 6.42 Å². The second-order valence-corrected chi connectivity index (χ2v) is 10.2. The van der Waals surface area contributed by atoms with Crippen molar-refractivity contribution in [3.63, 3.8) is 0 Å². The Hall–Kier alpha value is -5.14. The summed E-state index contributed by atoms with van der Waals surface area (Å²) in [6, 6.07) is 45.0. The van der Waals surface area contributed by atoms with E-state index in [9.17, 15) is 0 Å². The summed E-state index contributed by atoms with van der Waals surface area (Å²) in [7, 11) is 0. The minimum absolute atomic E-state index is 0.969. The first kappa shape index (κ1) is 28.4. The lowest BCUT2D eigenvalue weighted by Gasteiger charge is -2.29. The highest BCUT2D eigenvalue weighted by atomic mass is 15.1. The Morgan fingerprint density at radius 2 is 0.857 bits per heavy atom. The molecule has 5 aromatic rings. The first-order valence-corrected chi connectivity index (χ1v) is 14.6. The van der Waals surface area contributed by atoms with Gasteiger partial charge in [-0.2, -0.15) is 0 Å². The predicted molar refractivity (Wildman–Crippen MR) is 184 cm³/mol. The van der Waals surface area contributed by atoms with Crippen LogP contribution in [0.4, 0.5) is 17.1 Å². The molecule has 0 aliphatic heterocycles. The van der Waals surface area contributed by atoms with Gasteiger partial charge < -0.3 is 4.90 Å². The molecule has 0 radical (unpaired) electrons. The zero-order chi connectivity index (χ0) is 29.0. The smallest absolute Gasteiger partial charge is 0.0522 e. The van der Waals surface area contributed by atoms with E-state index in [1.165, 1.54) is 39.1 Å². The van der Waals surface area contributed by atoms with E-state index in [1.807, 2.05) is 12.1 Å². The molecule has 5 aromatic carbocycles. The van der Waals surface area contributed by atoms with Gasteiger partial charge >= 0.3 is 0 Å². The fraction of sp³-hybridized carbons (Fsp3) is 0.0732. The van der Waals surface area contributed by atoms with E-state index in [0.717, 1.165) is 17.8 Å². The summed E-state index contributed by atoms with van der Waals surface area (Å²) in [6.45, 7) is 4.43. The molecule has 0 bridgehead atoms. The Kier molecular flexibility index (Phi) is 9.79. The van der Waals surface area contributed by atoms with Gasteiger partial charge in [0.2, 0.25) is 0 Å². The average Bonchev–Trinajstić information content (AvgIpc) is 3.04. The molecule has 0 saturated carbocycles. The molecule has 0 atom stereocenters. The van der Waals surface area contributed by atoms with Crippen molar-refractivity contribution in [2.45, 2.75) is 20.3 Å². The van der Waals surface area contributed by atoms with Crippen molar-refractivity contribution in [2.24, 2.45) is 0 Å². The Morgan fingerprint density at radius 3 is 1.26 bits per heavy atom. The van der Waals surface area contributed by atoms with Gasteiger partial charge in [0.1, 0.15) is 0 Å². The number of hydrogen-bond donors (Lipinski definition) is 0. The number of aryl methyl sites for hydroxylation is 2. The number of anilines is 3. The van der Waals surface area contributed by atoms with Crippen molar-refractivity contribution in [2.75, 3.05) is 4.90 Å². The van der Waals surface area contributed by atoms with E-state index in [0.29, 0.717) is 0 Å². The van der Waals surface area contributed by atoms with Crippen LogP contribution in [0.3, 0.4) is 0 Å². The van der Waals surface area contributed by atoms with Crippen molar-refractivity contribution in [1.29, 1.82) is 0 Å². The zero-order valence-electron chi connectivity index (χ0n) is 24.4. The molecule has 0 aliphatic carbocycles. The van der Waals surface area contributed by atoms with Crippen LogP contribution in [-0.4, -0.2) is 0 Å². The second kappa shape index (κ2) is 14.5. The van der Waals surface area contributed by atoms with E-state index in [1.54, 1.807) is 0 Å². The van der Waals surface area contributed by atoms with Crippen LogP contribution >= 0.6 is 0 Å². The molecule has 42 heavy (non-hydrogen) atoms. The topological polar surface area (TPSA) is 3.24 Å². The van der Waals surface area contributed by atoms with Gasteiger partial charge in [-0.15, -0.1) is 0 Å². The Labute approximate surface area is 251 Å². The quantitative estimate of drug-likeness (QED) is 0.158. The average molecular weight is 544 g/mol. The summed E-state index contributed by atoms with van der Waals surface area (Å²) < 4.78 is 0. The highest BCUT2D eigenvalue weighted by Crippen LogP contribution is 2.39. The summed E-state index contributed by atoms with van der Waals surface area (Å²) in [5, 5.41) is 0. The number of allylic oxidation sites excluding steroid dienone is 4. The van der Waals surface area contributed by atoms with Crippen molar-refractivity contribution < 1.29 is 0 Å². The number of nitrogens with zero attached hydrogens (tertiary/aromatic N) is 1. The van der Waals surface area contributed by atoms with Crippen molar-refractivity contribution in [3.05, 3.63) is 185 Å². The Balaban J connectivity index is 1.39. The van der Waals surface area contributed by atoms with Gasteiger partial charge in [0.05, 0.1) is 5.69 Å². The van der Waals surface area contributed by atoms with Crippen LogP contribution < -0.4 is 4.90 Å². The lowest BCUT2D eigenvalue weighted by molar-refractivity contribution is 1.10. The Morgan fingerprint density at radius 1 is 0.452 bits per heavy atom. The van der Waals surface area contributed by atoms with Gasteiger partial charge in [-0.1, -0.05) is 159 Å². The molecule has 0 saturated heterocycles. The second-order valence-electron chi connectivity index (χ2n) is 10.2. The first-order chi connectivity index (χ1) is 20.7. The first-order valence-electron chi connectivity index (χ1n) is 14.6. The molecular formula is C41H37N. The fourth-order valence-electron chi connectivity index (χ4n) is 5.00. The van der Waals surface area contributed by atoms with Crippen LogP contribution in [0.1, 0.15) is 40.3 Å². The Bertz CT molecular complexity index is 1570. The number of hydrogen-bond acceptors (Lipinski definition) is 1. The molecule has 0 heterocycles. The van der Waals surface area contributed by atoms with Crippen LogP contribution in [0.25, 0.3) is 24.3 Å². The molecule has 0 aromatic heterocycles. The molecule has 5 rings (SSSR count). The fourth-order valence-corrected chi connectivity index (χ4v) is 5.00. The molecule has 0 amide bonds. The monoisotopic (exact) mass is 543 g/mol. The molecule has 1 nitrogen and oxygen atoms in total. The minimum Gasteiger partial charge on any atom is -0.310 e.